The summed E-state index contributed by atoms with van der Waals surface area (Å²) in [5.41, 5.74) is 0.498. The molecule has 2 N–H and O–H groups in total. The standard InChI is InChI=1S/C22H20F2N4O3/c1-12-19(10-25-13(2)27-12)31-11-22(14-4-3-5-15(23)6-14)8-17(22)21(30)28-20-18(29)7-16(24)9-26-20/h3-7,9-10,17,29H,8,11H2,1-2H3,(H,26,28,30)/t17-,22+/m0/s1. The first-order valence-corrected chi connectivity index (χ1v) is 9.63. The van der Waals surface area contributed by atoms with Crippen LogP contribution in [0.3, 0.4) is 0 Å². The van der Waals surface area contributed by atoms with Crippen LogP contribution in [0.15, 0.2) is 42.7 Å². The van der Waals surface area contributed by atoms with Crippen molar-refractivity contribution < 1.29 is 23.4 Å². The minimum atomic E-state index is -0.779. The Kier molecular flexibility index (Phi) is 5.26. The minimum absolute atomic E-state index is 0.102. The first kappa shape index (κ1) is 20.6. The maximum absolute atomic E-state index is 13.9. The van der Waals surface area contributed by atoms with E-state index in [0.717, 1.165) is 12.3 Å². The zero-order chi connectivity index (χ0) is 22.2. The molecular formula is C22H20F2N4O3. The van der Waals surface area contributed by atoms with Gasteiger partial charge in [0, 0.05) is 11.5 Å². The van der Waals surface area contributed by atoms with Crippen LogP contribution in [-0.2, 0) is 10.2 Å². The van der Waals surface area contributed by atoms with Crippen LogP contribution in [0.1, 0.15) is 23.5 Å². The van der Waals surface area contributed by atoms with Gasteiger partial charge in [-0.25, -0.2) is 23.7 Å². The number of aryl methyl sites for hydroxylation is 2. The molecule has 0 spiro atoms. The van der Waals surface area contributed by atoms with E-state index >= 15 is 0 Å². The maximum atomic E-state index is 13.9. The summed E-state index contributed by atoms with van der Waals surface area (Å²) in [5, 5.41) is 12.3. The fraction of sp³-hybridized carbons (Fsp3) is 0.273. The van der Waals surface area contributed by atoms with Crippen molar-refractivity contribution in [1.29, 1.82) is 0 Å². The number of carbonyl (C=O) groups is 1. The molecule has 160 valence electrons. The molecule has 1 aliphatic carbocycles. The Bertz CT molecular complexity index is 1160. The van der Waals surface area contributed by atoms with Crippen molar-refractivity contribution >= 4 is 11.7 Å². The number of ether oxygens (including phenoxy) is 1. The van der Waals surface area contributed by atoms with Gasteiger partial charge < -0.3 is 15.2 Å². The Hall–Kier alpha value is -3.62. The predicted octanol–water partition coefficient (Wildman–Crippen LogP) is 3.45. The Morgan fingerprint density at radius 2 is 2.03 bits per heavy atom. The van der Waals surface area contributed by atoms with E-state index in [1.165, 1.54) is 12.1 Å². The molecule has 1 amide bonds. The van der Waals surface area contributed by atoms with Crippen molar-refractivity contribution in [2.75, 3.05) is 11.9 Å². The average Bonchev–Trinajstić information content (AvgIpc) is 3.45. The molecule has 2 atom stereocenters. The molecule has 9 heteroatoms. The minimum Gasteiger partial charge on any atom is -0.504 e. The molecule has 2 heterocycles. The molecule has 0 saturated heterocycles. The number of anilines is 1. The van der Waals surface area contributed by atoms with Crippen LogP contribution in [0.4, 0.5) is 14.6 Å². The molecule has 3 aromatic rings. The number of rotatable bonds is 6. The molecule has 1 fully saturated rings. The van der Waals surface area contributed by atoms with Crippen LogP contribution in [0.25, 0.3) is 0 Å². The number of halogens is 2. The quantitative estimate of drug-likeness (QED) is 0.627. The lowest BCUT2D eigenvalue weighted by Crippen LogP contribution is -2.27. The highest BCUT2D eigenvalue weighted by atomic mass is 19.1. The summed E-state index contributed by atoms with van der Waals surface area (Å²) in [6.07, 6.45) is 2.86. The van der Waals surface area contributed by atoms with Crippen LogP contribution >= 0.6 is 0 Å². The van der Waals surface area contributed by atoms with Crippen molar-refractivity contribution in [3.63, 3.8) is 0 Å². The maximum Gasteiger partial charge on any atom is 0.229 e. The van der Waals surface area contributed by atoms with Crippen LogP contribution in [0, 0.1) is 31.4 Å². The van der Waals surface area contributed by atoms with Crippen molar-refractivity contribution in [2.45, 2.75) is 25.7 Å². The van der Waals surface area contributed by atoms with Gasteiger partial charge in [0.15, 0.2) is 17.3 Å². The number of amides is 1. The summed E-state index contributed by atoms with van der Waals surface area (Å²) >= 11 is 0. The van der Waals surface area contributed by atoms with Gasteiger partial charge >= 0.3 is 0 Å². The van der Waals surface area contributed by atoms with Gasteiger partial charge in [-0.1, -0.05) is 12.1 Å². The number of pyridine rings is 1. The number of benzene rings is 1. The van der Waals surface area contributed by atoms with E-state index in [-0.39, 0.29) is 12.4 Å². The summed E-state index contributed by atoms with van der Waals surface area (Å²) in [7, 11) is 0. The smallest absolute Gasteiger partial charge is 0.229 e. The topological polar surface area (TPSA) is 97.2 Å². The van der Waals surface area contributed by atoms with Crippen molar-refractivity contribution in [2.24, 2.45) is 5.92 Å². The highest BCUT2D eigenvalue weighted by Crippen LogP contribution is 2.55. The van der Waals surface area contributed by atoms with E-state index in [1.807, 2.05) is 0 Å². The van der Waals surface area contributed by atoms with Gasteiger partial charge in [-0.15, -0.1) is 0 Å². The highest BCUT2D eigenvalue weighted by molar-refractivity contribution is 5.96. The molecule has 0 unspecified atom stereocenters. The summed E-state index contributed by atoms with van der Waals surface area (Å²) in [6.45, 7) is 3.66. The van der Waals surface area contributed by atoms with Gasteiger partial charge in [0.1, 0.15) is 17.5 Å². The first-order valence-electron chi connectivity index (χ1n) is 9.63. The lowest BCUT2D eigenvalue weighted by molar-refractivity contribution is -0.117. The normalized spacial score (nSPS) is 19.7. The molecule has 2 aromatic heterocycles. The molecule has 7 nitrogen and oxygen atoms in total. The Morgan fingerprint density at radius 1 is 1.23 bits per heavy atom. The average molecular weight is 426 g/mol. The van der Waals surface area contributed by atoms with Gasteiger partial charge in [0.05, 0.1) is 30.6 Å². The first-order chi connectivity index (χ1) is 14.8. The summed E-state index contributed by atoms with van der Waals surface area (Å²) < 4.78 is 33.0. The van der Waals surface area contributed by atoms with E-state index in [9.17, 15) is 18.7 Å². The fourth-order valence-corrected chi connectivity index (χ4v) is 3.66. The monoisotopic (exact) mass is 426 g/mol. The fourth-order valence-electron chi connectivity index (χ4n) is 3.66. The van der Waals surface area contributed by atoms with Crippen LogP contribution in [0.5, 0.6) is 11.5 Å². The summed E-state index contributed by atoms with van der Waals surface area (Å²) in [5.74, 6) is -1.67. The van der Waals surface area contributed by atoms with Crippen LogP contribution in [0.2, 0.25) is 0 Å². The molecule has 0 radical (unpaired) electrons. The third kappa shape index (κ3) is 4.16. The van der Waals surface area contributed by atoms with E-state index in [4.69, 9.17) is 4.74 Å². The van der Waals surface area contributed by atoms with Crippen LogP contribution < -0.4 is 10.1 Å². The summed E-state index contributed by atoms with van der Waals surface area (Å²) in [4.78, 5) is 25.0. The molecule has 1 aromatic carbocycles. The van der Waals surface area contributed by atoms with Gasteiger partial charge in [0.25, 0.3) is 0 Å². The van der Waals surface area contributed by atoms with Gasteiger partial charge in [-0.2, -0.15) is 0 Å². The second kappa shape index (κ2) is 7.90. The van der Waals surface area contributed by atoms with Crippen LogP contribution in [-0.4, -0.2) is 32.6 Å². The van der Waals surface area contributed by atoms with Gasteiger partial charge in [-0.3, -0.25) is 4.79 Å². The van der Waals surface area contributed by atoms with Gasteiger partial charge in [-0.05, 0) is 38.0 Å². The molecule has 0 bridgehead atoms. The lowest BCUT2D eigenvalue weighted by Gasteiger charge is -2.20. The largest absolute Gasteiger partial charge is 0.504 e. The number of hydrogen-bond acceptors (Lipinski definition) is 6. The molecule has 4 rings (SSSR count). The van der Waals surface area contributed by atoms with Crippen molar-refractivity contribution in [3.8, 4) is 11.5 Å². The second-order valence-electron chi connectivity index (χ2n) is 7.59. The molecule has 31 heavy (non-hydrogen) atoms. The molecule has 0 aliphatic heterocycles. The molecule has 1 aliphatic rings. The number of aromatic hydroxyl groups is 1. The highest BCUT2D eigenvalue weighted by Gasteiger charge is 2.60. The van der Waals surface area contributed by atoms with E-state index in [2.05, 4.69) is 20.3 Å². The third-order valence-electron chi connectivity index (χ3n) is 5.41. The Labute approximate surface area is 177 Å². The van der Waals surface area contributed by atoms with Crippen molar-refractivity contribution in [1.82, 2.24) is 15.0 Å². The second-order valence-corrected chi connectivity index (χ2v) is 7.59. The Balaban J connectivity index is 1.58. The number of aromatic nitrogens is 3. The number of nitrogens with one attached hydrogen (secondary N) is 1. The lowest BCUT2D eigenvalue weighted by atomic mass is 9.93. The Morgan fingerprint density at radius 3 is 2.74 bits per heavy atom. The SMILES string of the molecule is Cc1ncc(OC[C@@]2(c3cccc(F)c3)C[C@H]2C(=O)Nc2ncc(F)cc2O)c(C)n1. The van der Waals surface area contributed by atoms with E-state index in [0.29, 0.717) is 29.3 Å². The van der Waals surface area contributed by atoms with Gasteiger partial charge in [0.2, 0.25) is 5.91 Å². The summed E-state index contributed by atoms with van der Waals surface area (Å²) in [6, 6.07) is 6.88. The molecule has 1 saturated carbocycles. The van der Waals surface area contributed by atoms with E-state index < -0.39 is 34.6 Å². The number of carbonyl (C=O) groups excluding carboxylic acids is 1. The predicted molar refractivity (Wildman–Crippen MR) is 108 cm³/mol. The third-order valence-corrected chi connectivity index (χ3v) is 5.41. The van der Waals surface area contributed by atoms with E-state index in [1.54, 1.807) is 32.2 Å². The zero-order valence-corrected chi connectivity index (χ0v) is 16.9. The molecular weight excluding hydrogens is 406 g/mol. The van der Waals surface area contributed by atoms with Crippen molar-refractivity contribution in [3.05, 3.63) is 71.4 Å². The number of hydrogen-bond donors (Lipinski definition) is 2. The number of nitrogens with zero attached hydrogens (tertiary/aromatic N) is 3. The zero-order valence-electron chi connectivity index (χ0n) is 16.9.